The zero-order valence-electron chi connectivity index (χ0n) is 61.1. The smallest absolute Gasteiger partial charge is 0.257 e. The van der Waals surface area contributed by atoms with E-state index in [0.717, 1.165) is 10.8 Å². The van der Waals surface area contributed by atoms with E-state index in [2.05, 4.69) is 42.0 Å². The second-order valence-corrected chi connectivity index (χ2v) is 36.6. The molecule has 6 N–H and O–H groups in total. The van der Waals surface area contributed by atoms with Crippen molar-refractivity contribution in [1.82, 2.24) is 10.1 Å². The van der Waals surface area contributed by atoms with Gasteiger partial charge in [0.25, 0.3) is 35.4 Å². The Bertz CT molecular complexity index is 6140. The number of furan rings is 1. The van der Waals surface area contributed by atoms with E-state index in [-0.39, 0.29) is 61.0 Å². The Morgan fingerprint density at radius 3 is 1.14 bits per heavy atom. The van der Waals surface area contributed by atoms with E-state index in [9.17, 15) is 62.4 Å². The van der Waals surface area contributed by atoms with Crippen molar-refractivity contribution in [3.05, 3.63) is 284 Å². The monoisotopic (exact) mass is 1750 g/mol. The third-order valence-electron chi connectivity index (χ3n) is 18.5. The lowest BCUT2D eigenvalue weighted by molar-refractivity contribution is 0.101. The quantitative estimate of drug-likeness (QED) is 0.0523. The van der Waals surface area contributed by atoms with Crippen LogP contribution in [-0.2, 0) is 40.1 Å². The van der Waals surface area contributed by atoms with Crippen molar-refractivity contribution in [3.8, 4) is 0 Å². The normalized spacial score (nSPS) is 15.3. The highest BCUT2D eigenvalue weighted by Gasteiger charge is 2.33. The number of sulfonamides is 4. The fraction of sp³-hybridized carbons (Fsp3) is 0.150. The van der Waals surface area contributed by atoms with Crippen LogP contribution in [-0.4, -0.2) is 128 Å². The summed E-state index contributed by atoms with van der Waals surface area (Å²) in [6.45, 7) is 1.71. The molecular weight excluding hydrogens is 1690 g/mol. The number of nitrogens with one attached hydrogen (secondary N) is 6. The first-order chi connectivity index (χ1) is 55.9. The SMILES string of the molecule is O=C(Nc1cc(NC(=O)c2ccc(N3CCCS3(=O)=O)cc2Cl)ccc1Cl)c1ccc(Cl)cc1.O=C(Nc1cc(NC(=O)c2ccc(N3CCCS3(=O)=O)cc2Cl)ccc1Cl)c1cccnc1.O=C(Nc1ccc2ccoc2c1)c1ccc(N2CCCS2(=O)=O)cc1.O=C(Nc1ccc2cnoc2c1)c1ccc(N2CCCS2(=O)=O)cc1. The summed E-state index contributed by atoms with van der Waals surface area (Å²) in [5, 5.41) is 23.2. The fourth-order valence-electron chi connectivity index (χ4n) is 12.6. The molecule has 12 aromatic rings. The minimum atomic E-state index is -3.36. The highest BCUT2D eigenvalue weighted by Crippen LogP contribution is 2.35. The number of fused-ring (bicyclic) bond motifs is 2. The average molecular weight is 1760 g/mol. The first-order valence-electron chi connectivity index (χ1n) is 35.7. The molecule has 0 bridgehead atoms. The van der Waals surface area contributed by atoms with E-state index in [1.807, 2.05) is 18.2 Å². The van der Waals surface area contributed by atoms with Crippen LogP contribution in [0.3, 0.4) is 0 Å². The molecule has 0 spiro atoms. The summed E-state index contributed by atoms with van der Waals surface area (Å²) in [6.07, 6.45) is 8.51. The third kappa shape index (κ3) is 20.3. The second-order valence-electron chi connectivity index (χ2n) is 26.5. The molecule has 0 atom stereocenters. The number of benzene rings is 9. The minimum Gasteiger partial charge on any atom is -0.464 e. The fourth-order valence-corrected chi connectivity index (χ4v) is 19.8. The molecule has 602 valence electrons. The minimum absolute atomic E-state index is 0.0836. The first-order valence-corrected chi connectivity index (χ1v) is 44.0. The van der Waals surface area contributed by atoms with Gasteiger partial charge < -0.3 is 40.8 Å². The van der Waals surface area contributed by atoms with Gasteiger partial charge >= 0.3 is 0 Å². The number of aromatic nitrogens is 2. The van der Waals surface area contributed by atoms with Crippen LogP contribution in [0.15, 0.2) is 234 Å². The molecular formula is C80H67Cl5N12O16S4. The molecule has 4 fully saturated rings. The number of anilines is 10. The highest BCUT2D eigenvalue weighted by molar-refractivity contribution is 7.94. The van der Waals surface area contributed by atoms with Gasteiger partial charge in [-0.1, -0.05) is 63.2 Å². The molecule has 4 aliphatic rings. The largest absolute Gasteiger partial charge is 0.464 e. The number of carbonyl (C=O) groups is 6. The van der Waals surface area contributed by atoms with Crippen molar-refractivity contribution in [3.63, 3.8) is 0 Å². The van der Waals surface area contributed by atoms with Crippen molar-refractivity contribution in [2.45, 2.75) is 25.7 Å². The average Bonchev–Trinajstić information content (AvgIpc) is 1.82. The molecule has 0 aliphatic carbocycles. The number of pyridine rings is 1. The Hall–Kier alpha value is -11.6. The van der Waals surface area contributed by atoms with E-state index in [0.29, 0.717) is 152 Å². The van der Waals surface area contributed by atoms with Crippen LogP contribution in [0.1, 0.15) is 87.8 Å². The van der Waals surface area contributed by atoms with Crippen LogP contribution in [0.2, 0.25) is 25.1 Å². The summed E-state index contributed by atoms with van der Waals surface area (Å²) in [5.41, 5.74) is 7.90. The molecule has 37 heteroatoms. The lowest BCUT2D eigenvalue weighted by Gasteiger charge is -2.18. The van der Waals surface area contributed by atoms with E-state index in [1.165, 1.54) is 65.9 Å². The zero-order chi connectivity index (χ0) is 82.9. The molecule has 3 aromatic heterocycles. The molecule has 9 aromatic carbocycles. The van der Waals surface area contributed by atoms with Gasteiger partial charge in [-0.3, -0.25) is 51.0 Å². The first kappa shape index (κ1) is 83.4. The predicted octanol–water partition coefficient (Wildman–Crippen LogP) is 16.0. The van der Waals surface area contributed by atoms with Gasteiger partial charge in [-0.2, -0.15) is 0 Å². The van der Waals surface area contributed by atoms with Crippen molar-refractivity contribution in [2.24, 2.45) is 0 Å². The standard InChI is InChI=1S/C23H18Cl3N3O4S.C22H18Cl2N4O4S.C18H16N2O4S.C17H15N3O4S/c24-15-4-2-14(3-5-15)22(30)28-21-12-16(6-9-19(21)25)27-23(31)18-8-7-17(13-20(18)26)29-10-1-11-34(29,32)33;23-18-7-4-15(11-20(18)27-21(29)14-3-1-8-25-13-14)26-22(30)17-6-5-16(12-19(17)24)28-9-2-10-33(28,31)32;21-18(19-15-5-2-13-8-10-24-17(13)12-15)14-3-6-16(7-4-14)20-9-1-11-25(20,22)23;21-17(19-14-5-2-13-11-18-24-16(13)10-14)12-3-6-15(7-4-12)20-8-1-9-25(20,22)23/h2-9,12-13H,1,10-11H2,(H,27,31)(H,28,30);1,3-8,11-13H,2,9-10H2,(H,26,30)(H,27,29);2-8,10,12H,1,9,11H2,(H,19,21);2-7,10-11H,1,8-9H2,(H,19,21). The van der Waals surface area contributed by atoms with Gasteiger partial charge in [0.15, 0.2) is 5.58 Å². The summed E-state index contributed by atoms with van der Waals surface area (Å²) in [7, 11) is -13.1. The van der Waals surface area contributed by atoms with Crippen molar-refractivity contribution in [1.29, 1.82) is 0 Å². The van der Waals surface area contributed by atoms with Crippen LogP contribution in [0.4, 0.5) is 56.9 Å². The maximum Gasteiger partial charge on any atom is 0.257 e. The zero-order valence-corrected chi connectivity index (χ0v) is 68.1. The number of amides is 6. The van der Waals surface area contributed by atoms with Crippen LogP contribution < -0.4 is 49.1 Å². The molecule has 7 heterocycles. The lowest BCUT2D eigenvalue weighted by Crippen LogP contribution is -2.25. The molecule has 117 heavy (non-hydrogen) atoms. The summed E-state index contributed by atoms with van der Waals surface area (Å²) < 4.78 is 112. The molecule has 28 nitrogen and oxygen atoms in total. The Balaban J connectivity index is 0.000000137. The second kappa shape index (κ2) is 35.9. The van der Waals surface area contributed by atoms with Crippen molar-refractivity contribution in [2.75, 3.05) is 98.3 Å². The van der Waals surface area contributed by atoms with Gasteiger partial charge in [0.1, 0.15) is 5.58 Å². The number of carbonyl (C=O) groups excluding carboxylic acids is 6. The molecule has 0 radical (unpaired) electrons. The van der Waals surface area contributed by atoms with E-state index in [1.54, 1.807) is 158 Å². The van der Waals surface area contributed by atoms with Gasteiger partial charge in [-0.05, 0) is 214 Å². The van der Waals surface area contributed by atoms with Crippen LogP contribution in [0, 0.1) is 0 Å². The number of hydrogen-bond donors (Lipinski definition) is 6. The molecule has 4 aliphatic heterocycles. The topological polar surface area (TPSA) is 376 Å². The van der Waals surface area contributed by atoms with Crippen LogP contribution >= 0.6 is 58.0 Å². The van der Waals surface area contributed by atoms with E-state index < -0.39 is 63.7 Å². The molecule has 6 amide bonds. The summed E-state index contributed by atoms with van der Waals surface area (Å²) in [5.74, 6) is -1.83. The maximum atomic E-state index is 12.8. The number of halogens is 5. The third-order valence-corrected chi connectivity index (χ3v) is 27.5. The van der Waals surface area contributed by atoms with Gasteiger partial charge in [-0.15, -0.1) is 0 Å². The summed E-state index contributed by atoms with van der Waals surface area (Å²) >= 11 is 30.8. The highest BCUT2D eigenvalue weighted by atomic mass is 35.5. The lowest BCUT2D eigenvalue weighted by atomic mass is 10.1. The number of hydrogen-bond acceptors (Lipinski definition) is 18. The Labute approximate surface area is 696 Å². The molecule has 16 rings (SSSR count). The van der Waals surface area contributed by atoms with E-state index >= 15 is 0 Å². The molecule has 4 saturated heterocycles. The van der Waals surface area contributed by atoms with Crippen molar-refractivity contribution < 1.29 is 71.4 Å². The maximum absolute atomic E-state index is 12.8. The van der Waals surface area contributed by atoms with Crippen LogP contribution in [0.5, 0.6) is 0 Å². The van der Waals surface area contributed by atoms with Gasteiger partial charge in [0.05, 0.1) is 106 Å². The van der Waals surface area contributed by atoms with E-state index in [4.69, 9.17) is 66.9 Å². The van der Waals surface area contributed by atoms with Crippen LogP contribution in [0.25, 0.3) is 21.9 Å². The molecule has 0 saturated carbocycles. The van der Waals surface area contributed by atoms with Gasteiger partial charge in [0.2, 0.25) is 40.1 Å². The van der Waals surface area contributed by atoms with Gasteiger partial charge in [0, 0.05) is 106 Å². The summed E-state index contributed by atoms with van der Waals surface area (Å²) in [6, 6.07) is 53.5. The van der Waals surface area contributed by atoms with Gasteiger partial charge in [-0.25, -0.2) is 33.7 Å². The Morgan fingerprint density at radius 1 is 0.342 bits per heavy atom. The predicted molar refractivity (Wildman–Crippen MR) is 455 cm³/mol. The van der Waals surface area contributed by atoms with Crippen molar-refractivity contribution >= 4 is 212 Å². The Morgan fingerprint density at radius 2 is 0.718 bits per heavy atom. The number of nitrogens with zero attached hydrogens (tertiary/aromatic N) is 6. The molecule has 0 unspecified atom stereocenters. The number of rotatable bonds is 16. The summed E-state index contributed by atoms with van der Waals surface area (Å²) in [4.78, 5) is 79.1. The Kier molecular flexibility index (Phi) is 25.6.